The highest BCUT2D eigenvalue weighted by Gasteiger charge is 2.21. The minimum atomic E-state index is -0.119. The number of thiophene rings is 1. The molecule has 0 aromatic carbocycles. The molecule has 0 spiro atoms. The first-order chi connectivity index (χ1) is 9.72. The summed E-state index contributed by atoms with van der Waals surface area (Å²) in [6.45, 7) is 0.758. The Balaban J connectivity index is 1.52. The first-order valence-corrected chi connectivity index (χ1v) is 8.62. The summed E-state index contributed by atoms with van der Waals surface area (Å²) in [4.78, 5) is 14.5. The van der Waals surface area contributed by atoms with Crippen LogP contribution in [-0.4, -0.2) is 23.7 Å². The van der Waals surface area contributed by atoms with Crippen molar-refractivity contribution in [1.82, 2.24) is 5.32 Å². The number of carbonyl (C=O) groups excluding carboxylic acids is 1. The molecule has 4 heteroatoms. The van der Waals surface area contributed by atoms with E-state index in [0.29, 0.717) is 5.92 Å². The molecule has 0 radical (unpaired) electrons. The van der Waals surface area contributed by atoms with E-state index in [4.69, 9.17) is 0 Å². The van der Waals surface area contributed by atoms with Crippen LogP contribution in [0, 0.1) is 5.92 Å². The second-order valence-corrected chi connectivity index (χ2v) is 7.29. The van der Waals surface area contributed by atoms with Gasteiger partial charge in [-0.1, -0.05) is 0 Å². The van der Waals surface area contributed by atoms with E-state index in [1.807, 2.05) is 0 Å². The van der Waals surface area contributed by atoms with Crippen LogP contribution in [0.15, 0.2) is 6.07 Å². The number of fused-ring (bicyclic) bond motifs is 1. The molecule has 2 N–H and O–H groups in total. The first-order valence-electron chi connectivity index (χ1n) is 7.80. The van der Waals surface area contributed by atoms with Crippen molar-refractivity contribution < 1.29 is 9.90 Å². The van der Waals surface area contributed by atoms with Crippen LogP contribution in [0.1, 0.15) is 58.6 Å². The van der Waals surface area contributed by atoms with Crippen molar-refractivity contribution in [2.45, 2.75) is 57.5 Å². The summed E-state index contributed by atoms with van der Waals surface area (Å²) >= 11 is 1.68. The van der Waals surface area contributed by atoms with Crippen molar-refractivity contribution in [2.24, 2.45) is 5.92 Å². The van der Waals surface area contributed by atoms with Gasteiger partial charge in [0, 0.05) is 11.4 Å². The third-order valence-corrected chi connectivity index (χ3v) is 5.82. The highest BCUT2D eigenvalue weighted by atomic mass is 32.1. The molecule has 2 aliphatic carbocycles. The van der Waals surface area contributed by atoms with E-state index >= 15 is 0 Å². The van der Waals surface area contributed by atoms with Crippen LogP contribution in [0.25, 0.3) is 0 Å². The Kier molecular flexibility index (Phi) is 4.41. The molecule has 1 heterocycles. The number of amides is 1. The van der Waals surface area contributed by atoms with Crippen molar-refractivity contribution in [3.8, 4) is 0 Å². The lowest BCUT2D eigenvalue weighted by Gasteiger charge is -2.25. The minimum Gasteiger partial charge on any atom is -0.393 e. The fraction of sp³-hybridized carbons (Fsp3) is 0.688. The summed E-state index contributed by atoms with van der Waals surface area (Å²) in [5.74, 6) is 0.632. The van der Waals surface area contributed by atoms with Gasteiger partial charge in [-0.15, -0.1) is 11.3 Å². The number of hydrogen-bond donors (Lipinski definition) is 2. The van der Waals surface area contributed by atoms with Crippen molar-refractivity contribution in [2.75, 3.05) is 6.54 Å². The zero-order valence-electron chi connectivity index (χ0n) is 11.9. The van der Waals surface area contributed by atoms with Crippen LogP contribution in [0.2, 0.25) is 0 Å². The van der Waals surface area contributed by atoms with Crippen molar-refractivity contribution in [3.05, 3.63) is 21.4 Å². The van der Waals surface area contributed by atoms with E-state index in [0.717, 1.165) is 49.9 Å². The van der Waals surface area contributed by atoms with Gasteiger partial charge >= 0.3 is 0 Å². The molecule has 0 saturated heterocycles. The Labute approximate surface area is 124 Å². The second-order valence-electron chi connectivity index (χ2n) is 6.15. The van der Waals surface area contributed by atoms with Crippen LogP contribution in [0.3, 0.4) is 0 Å². The number of aryl methyl sites for hydroxylation is 2. The van der Waals surface area contributed by atoms with E-state index in [-0.39, 0.29) is 12.0 Å². The lowest BCUT2D eigenvalue weighted by Crippen LogP contribution is -2.31. The Morgan fingerprint density at radius 3 is 2.75 bits per heavy atom. The molecule has 0 atom stereocenters. The van der Waals surface area contributed by atoms with Gasteiger partial charge in [0.15, 0.2) is 0 Å². The molecular weight excluding hydrogens is 270 g/mol. The minimum absolute atomic E-state index is 0.0931. The molecule has 1 fully saturated rings. The summed E-state index contributed by atoms with van der Waals surface area (Å²) in [6, 6.07) is 2.10. The van der Waals surface area contributed by atoms with Gasteiger partial charge in [0.2, 0.25) is 0 Å². The van der Waals surface area contributed by atoms with Crippen LogP contribution < -0.4 is 5.32 Å². The molecule has 3 rings (SSSR count). The molecule has 110 valence electrons. The standard InChI is InChI=1S/C16H23NO2S/c18-13-7-5-11(6-8-13)10-17-16(19)15-9-12-3-1-2-4-14(12)20-15/h9,11,13,18H,1-8,10H2,(H,17,19). The predicted molar refractivity (Wildman–Crippen MR) is 81.3 cm³/mol. The van der Waals surface area contributed by atoms with E-state index in [1.165, 1.54) is 23.3 Å². The van der Waals surface area contributed by atoms with Crippen LogP contribution >= 0.6 is 11.3 Å². The molecule has 1 amide bonds. The molecule has 2 aliphatic rings. The maximum Gasteiger partial charge on any atom is 0.261 e. The number of hydrogen-bond acceptors (Lipinski definition) is 3. The SMILES string of the molecule is O=C(NCC1CCC(O)CC1)c1cc2c(s1)CCCC2. The maximum absolute atomic E-state index is 12.2. The Morgan fingerprint density at radius 1 is 1.25 bits per heavy atom. The monoisotopic (exact) mass is 293 g/mol. The molecule has 20 heavy (non-hydrogen) atoms. The highest BCUT2D eigenvalue weighted by molar-refractivity contribution is 7.14. The molecule has 3 nitrogen and oxygen atoms in total. The van der Waals surface area contributed by atoms with Gasteiger partial charge in [0.25, 0.3) is 5.91 Å². The number of carbonyl (C=O) groups is 1. The van der Waals surface area contributed by atoms with E-state index in [2.05, 4.69) is 11.4 Å². The van der Waals surface area contributed by atoms with Gasteiger partial charge in [-0.25, -0.2) is 0 Å². The second kappa shape index (κ2) is 6.27. The number of nitrogens with one attached hydrogen (secondary N) is 1. The number of rotatable bonds is 3. The van der Waals surface area contributed by atoms with Crippen molar-refractivity contribution >= 4 is 17.2 Å². The normalized spacial score (nSPS) is 26.1. The lowest BCUT2D eigenvalue weighted by atomic mass is 9.87. The quantitative estimate of drug-likeness (QED) is 0.900. The first kappa shape index (κ1) is 14.1. The van der Waals surface area contributed by atoms with Crippen LogP contribution in [0.4, 0.5) is 0 Å². The van der Waals surface area contributed by atoms with Crippen molar-refractivity contribution in [3.63, 3.8) is 0 Å². The summed E-state index contributed by atoms with van der Waals surface area (Å²) < 4.78 is 0. The third-order valence-electron chi connectivity index (χ3n) is 4.59. The Bertz CT molecular complexity index is 451. The fourth-order valence-corrected chi connectivity index (χ4v) is 4.45. The zero-order chi connectivity index (χ0) is 13.9. The molecular formula is C16H23NO2S. The topological polar surface area (TPSA) is 49.3 Å². The average molecular weight is 293 g/mol. The highest BCUT2D eigenvalue weighted by Crippen LogP contribution is 2.30. The fourth-order valence-electron chi connectivity index (χ4n) is 3.28. The molecule has 1 saturated carbocycles. The molecule has 1 aromatic rings. The summed E-state index contributed by atoms with van der Waals surface area (Å²) in [5, 5.41) is 12.6. The average Bonchev–Trinajstić information content (AvgIpc) is 2.90. The van der Waals surface area contributed by atoms with E-state index in [9.17, 15) is 9.90 Å². The predicted octanol–water partition coefficient (Wildman–Crippen LogP) is 2.91. The van der Waals surface area contributed by atoms with E-state index < -0.39 is 0 Å². The third kappa shape index (κ3) is 3.23. The summed E-state index contributed by atoms with van der Waals surface area (Å²) in [5.41, 5.74) is 1.40. The lowest BCUT2D eigenvalue weighted by molar-refractivity contribution is 0.0913. The van der Waals surface area contributed by atoms with Gasteiger partial charge in [0.05, 0.1) is 11.0 Å². The molecule has 0 aliphatic heterocycles. The number of aliphatic hydroxyl groups excluding tert-OH is 1. The maximum atomic E-state index is 12.2. The van der Waals surface area contributed by atoms with Gasteiger partial charge in [-0.05, 0) is 68.9 Å². The Morgan fingerprint density at radius 2 is 2.00 bits per heavy atom. The van der Waals surface area contributed by atoms with E-state index in [1.54, 1.807) is 11.3 Å². The van der Waals surface area contributed by atoms with Gasteiger partial charge in [-0.2, -0.15) is 0 Å². The van der Waals surface area contributed by atoms with Crippen LogP contribution in [0.5, 0.6) is 0 Å². The smallest absolute Gasteiger partial charge is 0.261 e. The zero-order valence-corrected chi connectivity index (χ0v) is 12.7. The molecule has 0 unspecified atom stereocenters. The summed E-state index contributed by atoms with van der Waals surface area (Å²) in [6.07, 6.45) is 8.51. The Hall–Kier alpha value is -0.870. The summed E-state index contributed by atoms with van der Waals surface area (Å²) in [7, 11) is 0. The largest absolute Gasteiger partial charge is 0.393 e. The van der Waals surface area contributed by atoms with Gasteiger partial charge in [-0.3, -0.25) is 4.79 Å². The van der Waals surface area contributed by atoms with Crippen molar-refractivity contribution in [1.29, 1.82) is 0 Å². The molecule has 0 bridgehead atoms. The van der Waals surface area contributed by atoms with Gasteiger partial charge < -0.3 is 10.4 Å². The van der Waals surface area contributed by atoms with Crippen LogP contribution in [-0.2, 0) is 12.8 Å². The van der Waals surface area contributed by atoms with Gasteiger partial charge in [0.1, 0.15) is 0 Å². The number of aliphatic hydroxyl groups is 1. The molecule has 1 aromatic heterocycles.